The molecule has 6 atom stereocenters. The molecule has 1 aliphatic carbocycles. The molecule has 0 heterocycles. The molecule has 0 aromatic rings. The summed E-state index contributed by atoms with van der Waals surface area (Å²) in [6.07, 6.45) is 42.3. The summed E-state index contributed by atoms with van der Waals surface area (Å²) < 4.78 is 34.2. The molecule has 13 heteroatoms. The van der Waals surface area contributed by atoms with Crippen molar-refractivity contribution in [2.24, 2.45) is 0 Å². The molecule has 0 aromatic heterocycles. The minimum absolute atomic E-state index is 0.0956. The van der Waals surface area contributed by atoms with Gasteiger partial charge in [0.05, 0.1) is 13.2 Å². The highest BCUT2D eigenvalue weighted by Crippen LogP contribution is 2.47. The maximum atomic E-state index is 12.8. The molecular weight excluding hydrogens is 836 g/mol. The molecule has 12 nitrogen and oxygen atoms in total. The van der Waals surface area contributed by atoms with E-state index < -0.39 is 63.1 Å². The monoisotopic (exact) mass is 923 g/mol. The van der Waals surface area contributed by atoms with Gasteiger partial charge in [0.25, 0.3) is 0 Å². The van der Waals surface area contributed by atoms with Crippen LogP contribution in [0.1, 0.15) is 168 Å². The summed E-state index contributed by atoms with van der Waals surface area (Å²) in [4.78, 5) is 23.2. The van der Waals surface area contributed by atoms with Crippen LogP contribution in [0.3, 0.4) is 0 Å². The summed E-state index contributed by atoms with van der Waals surface area (Å²) in [7, 11) is -5.03. The summed E-state index contributed by atoms with van der Waals surface area (Å²) >= 11 is 0. The maximum Gasteiger partial charge on any atom is 0.472 e. The van der Waals surface area contributed by atoms with Gasteiger partial charge in [0.2, 0.25) is 0 Å². The molecule has 0 amide bonds. The molecule has 0 bridgehead atoms. The van der Waals surface area contributed by atoms with Crippen molar-refractivity contribution in [1.82, 2.24) is 0 Å². The van der Waals surface area contributed by atoms with Crippen molar-refractivity contribution in [1.29, 1.82) is 0 Å². The number of carbonyl (C=O) groups is 1. The Hall–Kier alpha value is -2.48. The van der Waals surface area contributed by atoms with Crippen LogP contribution in [-0.4, -0.2) is 98.9 Å². The second-order valence-electron chi connectivity index (χ2n) is 16.5. The van der Waals surface area contributed by atoms with Crippen LogP contribution in [0.4, 0.5) is 0 Å². The lowest BCUT2D eigenvalue weighted by Gasteiger charge is -2.41. The van der Waals surface area contributed by atoms with Gasteiger partial charge in [-0.15, -0.1) is 0 Å². The van der Waals surface area contributed by atoms with E-state index >= 15 is 0 Å². The number of rotatable bonds is 40. The van der Waals surface area contributed by atoms with Gasteiger partial charge in [-0.2, -0.15) is 0 Å². The molecule has 6 N–H and O–H groups in total. The van der Waals surface area contributed by atoms with E-state index in [2.05, 4.69) is 98.9 Å². The van der Waals surface area contributed by atoms with Crippen LogP contribution in [0.2, 0.25) is 0 Å². The third-order valence-electron chi connectivity index (χ3n) is 10.8. The SMILES string of the molecule is CC/C=C\C/C=C\C/C=C\C/C=C\CCCCCCCCCCCCCOCC(COP(=O)(O)OC1C(O)C(O)C(O)C(O)C1O)OC(=O)CCCCC/C=C\C/C=C\C/C=C\CC. The Morgan fingerprint density at radius 1 is 0.500 bits per heavy atom. The predicted molar refractivity (Wildman–Crippen MR) is 258 cm³/mol. The van der Waals surface area contributed by atoms with Crippen molar-refractivity contribution >= 4 is 13.8 Å². The van der Waals surface area contributed by atoms with Gasteiger partial charge in [-0.1, -0.05) is 163 Å². The van der Waals surface area contributed by atoms with E-state index in [1.54, 1.807) is 0 Å². The fourth-order valence-corrected chi connectivity index (χ4v) is 7.92. The first-order chi connectivity index (χ1) is 31.0. The standard InChI is InChI=1S/C51H87O12P/c1-3-5-7-9-11-13-15-17-18-19-20-21-22-23-24-25-26-27-29-31-33-35-37-39-41-60-42-44(43-61-64(58,59)63-51-49(56)47(54)46(53)48(55)50(51)57)62-45(52)40-38-36-34-32-30-28-16-14-12-10-8-6-4-2/h5-8,11-14,17-18,20-21,28,30,44,46-51,53-57H,3-4,9-10,15-16,19,22-27,29,31-43H2,1-2H3,(H,58,59)/b7-5-,8-6-,13-11-,14-12-,18-17-,21-20-,30-28-. The number of carbonyl (C=O) groups excluding carboxylic acids is 1. The van der Waals surface area contributed by atoms with E-state index in [1.165, 1.54) is 44.9 Å². The molecule has 1 rings (SSSR count). The number of allylic oxidation sites excluding steroid dienone is 14. The fraction of sp³-hybridized carbons (Fsp3) is 0.706. The van der Waals surface area contributed by atoms with Gasteiger partial charge in [-0.3, -0.25) is 13.8 Å². The molecule has 64 heavy (non-hydrogen) atoms. The van der Waals surface area contributed by atoms with E-state index in [0.717, 1.165) is 96.3 Å². The maximum absolute atomic E-state index is 12.8. The van der Waals surface area contributed by atoms with Gasteiger partial charge < -0.3 is 39.9 Å². The van der Waals surface area contributed by atoms with E-state index in [4.69, 9.17) is 18.5 Å². The highest BCUT2D eigenvalue weighted by molar-refractivity contribution is 7.47. The third kappa shape index (κ3) is 32.2. The zero-order chi connectivity index (χ0) is 46.9. The average Bonchev–Trinajstić information content (AvgIpc) is 3.28. The molecule has 0 aromatic carbocycles. The number of hydrogen-bond acceptors (Lipinski definition) is 11. The van der Waals surface area contributed by atoms with Gasteiger partial charge in [0.15, 0.2) is 0 Å². The van der Waals surface area contributed by atoms with Gasteiger partial charge >= 0.3 is 13.8 Å². The smallest absolute Gasteiger partial charge is 0.457 e. The van der Waals surface area contributed by atoms with Crippen LogP contribution >= 0.6 is 7.82 Å². The van der Waals surface area contributed by atoms with Crippen LogP contribution in [-0.2, 0) is 27.9 Å². The van der Waals surface area contributed by atoms with E-state index in [1.807, 2.05) is 0 Å². The van der Waals surface area contributed by atoms with Crippen LogP contribution in [0, 0.1) is 0 Å². The first-order valence-corrected chi connectivity index (χ1v) is 25.9. The molecule has 1 aliphatic rings. The zero-order valence-electron chi connectivity index (χ0n) is 39.3. The highest BCUT2D eigenvalue weighted by atomic mass is 31.2. The van der Waals surface area contributed by atoms with Crippen LogP contribution in [0.25, 0.3) is 0 Å². The number of ether oxygens (including phenoxy) is 2. The average molecular weight is 923 g/mol. The molecule has 6 unspecified atom stereocenters. The number of esters is 1. The molecule has 0 radical (unpaired) electrons. The highest BCUT2D eigenvalue weighted by Gasteiger charge is 2.51. The molecule has 0 spiro atoms. The van der Waals surface area contributed by atoms with Crippen molar-refractivity contribution in [3.63, 3.8) is 0 Å². The number of aliphatic hydroxyl groups excluding tert-OH is 5. The Morgan fingerprint density at radius 2 is 0.875 bits per heavy atom. The first-order valence-electron chi connectivity index (χ1n) is 24.4. The van der Waals surface area contributed by atoms with Crippen molar-refractivity contribution in [2.45, 2.75) is 211 Å². The fourth-order valence-electron chi connectivity index (χ4n) is 6.95. The molecule has 1 fully saturated rings. The lowest BCUT2D eigenvalue weighted by atomic mass is 9.85. The Labute approximate surface area is 386 Å². The predicted octanol–water partition coefficient (Wildman–Crippen LogP) is 10.5. The second-order valence-corrected chi connectivity index (χ2v) is 18.0. The number of unbranched alkanes of at least 4 members (excludes halogenated alkanes) is 14. The Morgan fingerprint density at radius 3 is 1.33 bits per heavy atom. The minimum atomic E-state index is -5.03. The molecule has 0 aliphatic heterocycles. The molecular formula is C51H87O12P. The number of phosphoric ester groups is 1. The summed E-state index contributed by atoms with van der Waals surface area (Å²) in [5, 5.41) is 50.2. The van der Waals surface area contributed by atoms with E-state index in [0.29, 0.717) is 13.0 Å². The van der Waals surface area contributed by atoms with Crippen molar-refractivity contribution in [3.05, 3.63) is 85.1 Å². The third-order valence-corrected chi connectivity index (χ3v) is 11.7. The normalized spacial score (nSPS) is 22.4. The largest absolute Gasteiger partial charge is 0.472 e. The minimum Gasteiger partial charge on any atom is -0.457 e. The van der Waals surface area contributed by atoms with Crippen molar-refractivity contribution in [3.8, 4) is 0 Å². The van der Waals surface area contributed by atoms with Crippen LogP contribution in [0.15, 0.2) is 85.1 Å². The Kier molecular flexibility index (Phi) is 37.9. The Balaban J connectivity index is 2.33. The molecule has 1 saturated carbocycles. The van der Waals surface area contributed by atoms with Gasteiger partial charge in [-0.25, -0.2) is 4.57 Å². The number of hydrogen-bond donors (Lipinski definition) is 6. The molecule has 0 saturated heterocycles. The van der Waals surface area contributed by atoms with Gasteiger partial charge in [-0.05, 0) is 83.5 Å². The first kappa shape index (κ1) is 59.5. The van der Waals surface area contributed by atoms with Crippen molar-refractivity contribution in [2.75, 3.05) is 19.8 Å². The zero-order valence-corrected chi connectivity index (χ0v) is 40.2. The summed E-state index contributed by atoms with van der Waals surface area (Å²) in [6, 6.07) is 0. The van der Waals surface area contributed by atoms with Gasteiger partial charge in [0.1, 0.15) is 42.7 Å². The topological polar surface area (TPSA) is 192 Å². The summed E-state index contributed by atoms with van der Waals surface area (Å²) in [5.74, 6) is -0.510. The Bertz CT molecular complexity index is 1380. The quantitative estimate of drug-likeness (QED) is 0.0148. The summed E-state index contributed by atoms with van der Waals surface area (Å²) in [6.45, 7) is 3.98. The summed E-state index contributed by atoms with van der Waals surface area (Å²) in [5.41, 5.74) is 0. The van der Waals surface area contributed by atoms with Gasteiger partial charge in [0, 0.05) is 13.0 Å². The van der Waals surface area contributed by atoms with Crippen LogP contribution in [0.5, 0.6) is 0 Å². The molecule has 368 valence electrons. The lowest BCUT2D eigenvalue weighted by Crippen LogP contribution is -2.64. The van der Waals surface area contributed by atoms with Crippen molar-refractivity contribution < 1.29 is 58.3 Å². The number of phosphoric acid groups is 1. The van der Waals surface area contributed by atoms with E-state index in [-0.39, 0.29) is 13.0 Å². The second kappa shape index (κ2) is 40.8. The lowest BCUT2D eigenvalue weighted by molar-refractivity contribution is -0.220. The van der Waals surface area contributed by atoms with Crippen LogP contribution < -0.4 is 0 Å². The number of aliphatic hydroxyl groups is 5. The van der Waals surface area contributed by atoms with E-state index in [9.17, 15) is 39.8 Å².